The SMILES string of the molecule is OC(CCl)CNc1cc(C(F)(F)F)c(F)cc1Br. The number of aliphatic hydroxyl groups excluding tert-OH is 1. The number of hydrogen-bond acceptors (Lipinski definition) is 2. The Balaban J connectivity index is 2.99. The van der Waals surface area contributed by atoms with Crippen molar-refractivity contribution in [1.82, 2.24) is 0 Å². The predicted molar refractivity (Wildman–Crippen MR) is 64.3 cm³/mol. The van der Waals surface area contributed by atoms with Crippen LogP contribution in [0, 0.1) is 5.82 Å². The molecule has 1 unspecified atom stereocenters. The first-order chi connectivity index (χ1) is 8.25. The molecule has 2 N–H and O–H groups in total. The van der Waals surface area contributed by atoms with E-state index in [2.05, 4.69) is 21.2 Å². The van der Waals surface area contributed by atoms with Gasteiger partial charge in [0.25, 0.3) is 0 Å². The Morgan fingerprint density at radius 3 is 2.50 bits per heavy atom. The maximum absolute atomic E-state index is 13.1. The molecular formula is C10H9BrClF4NO. The summed E-state index contributed by atoms with van der Waals surface area (Å²) in [5.74, 6) is -1.42. The molecule has 0 fully saturated rings. The monoisotopic (exact) mass is 349 g/mol. The summed E-state index contributed by atoms with van der Waals surface area (Å²) in [5.41, 5.74) is -1.33. The average molecular weight is 351 g/mol. The average Bonchev–Trinajstić information content (AvgIpc) is 2.25. The molecule has 0 radical (unpaired) electrons. The first-order valence-corrected chi connectivity index (χ1v) is 6.12. The van der Waals surface area contributed by atoms with Gasteiger partial charge in [0.05, 0.1) is 17.5 Å². The van der Waals surface area contributed by atoms with Gasteiger partial charge in [-0.05, 0) is 28.1 Å². The number of nitrogens with one attached hydrogen (secondary N) is 1. The van der Waals surface area contributed by atoms with Crippen LogP contribution in [0.25, 0.3) is 0 Å². The van der Waals surface area contributed by atoms with E-state index in [0.29, 0.717) is 6.07 Å². The van der Waals surface area contributed by atoms with Gasteiger partial charge < -0.3 is 10.4 Å². The van der Waals surface area contributed by atoms with Gasteiger partial charge in [0.1, 0.15) is 5.82 Å². The number of alkyl halides is 4. The quantitative estimate of drug-likeness (QED) is 0.642. The van der Waals surface area contributed by atoms with Gasteiger partial charge in [0.2, 0.25) is 0 Å². The molecule has 1 aromatic carbocycles. The van der Waals surface area contributed by atoms with E-state index in [9.17, 15) is 22.7 Å². The maximum atomic E-state index is 13.1. The van der Waals surface area contributed by atoms with Gasteiger partial charge in [-0.25, -0.2) is 4.39 Å². The van der Waals surface area contributed by atoms with Crippen LogP contribution in [0.3, 0.4) is 0 Å². The van der Waals surface area contributed by atoms with Crippen LogP contribution in [0.5, 0.6) is 0 Å². The van der Waals surface area contributed by atoms with E-state index < -0.39 is 23.7 Å². The van der Waals surface area contributed by atoms with Gasteiger partial charge in [-0.15, -0.1) is 11.6 Å². The number of aliphatic hydroxyl groups is 1. The van der Waals surface area contributed by atoms with Crippen molar-refractivity contribution in [1.29, 1.82) is 0 Å². The van der Waals surface area contributed by atoms with Crippen LogP contribution in [0.4, 0.5) is 23.2 Å². The lowest BCUT2D eigenvalue weighted by Gasteiger charge is -2.15. The summed E-state index contributed by atoms with van der Waals surface area (Å²) in [6.45, 7) is -0.0367. The van der Waals surface area contributed by atoms with E-state index in [4.69, 9.17) is 11.6 Å². The standard InChI is InChI=1S/C10H9BrClF4NO/c11-7-2-8(13)6(10(14,15)16)1-9(7)17-4-5(18)3-12/h1-2,5,17-18H,3-4H2. The smallest absolute Gasteiger partial charge is 0.390 e. The first-order valence-electron chi connectivity index (χ1n) is 4.80. The van der Waals surface area contributed by atoms with Crippen molar-refractivity contribution in [3.8, 4) is 0 Å². The minimum atomic E-state index is -4.77. The lowest BCUT2D eigenvalue weighted by molar-refractivity contribution is -0.139. The second kappa shape index (κ2) is 6.08. The molecule has 0 saturated carbocycles. The van der Waals surface area contributed by atoms with Crippen molar-refractivity contribution in [3.05, 3.63) is 28.0 Å². The Kier molecular flexibility index (Phi) is 5.24. The summed E-state index contributed by atoms with van der Waals surface area (Å²) in [5, 5.41) is 11.7. The number of anilines is 1. The Morgan fingerprint density at radius 2 is 2.00 bits per heavy atom. The third-order valence-electron chi connectivity index (χ3n) is 2.07. The van der Waals surface area contributed by atoms with Gasteiger partial charge in [-0.3, -0.25) is 0 Å². The summed E-state index contributed by atoms with van der Waals surface area (Å²) in [4.78, 5) is 0. The Morgan fingerprint density at radius 1 is 1.39 bits per heavy atom. The fraction of sp³-hybridized carbons (Fsp3) is 0.400. The molecular weight excluding hydrogens is 341 g/mol. The highest BCUT2D eigenvalue weighted by Crippen LogP contribution is 2.36. The normalized spacial score (nSPS) is 13.5. The van der Waals surface area contributed by atoms with Crippen LogP contribution in [-0.4, -0.2) is 23.6 Å². The number of hydrogen-bond donors (Lipinski definition) is 2. The van der Waals surface area contributed by atoms with Crippen molar-refractivity contribution in [2.75, 3.05) is 17.7 Å². The minimum Gasteiger partial charge on any atom is -0.390 e. The van der Waals surface area contributed by atoms with Crippen molar-refractivity contribution in [2.45, 2.75) is 12.3 Å². The van der Waals surface area contributed by atoms with Crippen LogP contribution in [0.2, 0.25) is 0 Å². The molecule has 0 aliphatic heterocycles. The highest BCUT2D eigenvalue weighted by molar-refractivity contribution is 9.10. The van der Waals surface area contributed by atoms with Crippen LogP contribution in [-0.2, 0) is 6.18 Å². The second-order valence-corrected chi connectivity index (χ2v) is 4.66. The third-order valence-corrected chi connectivity index (χ3v) is 3.08. The Hall–Kier alpha value is -0.530. The number of rotatable bonds is 4. The molecule has 1 atom stereocenters. The molecule has 0 amide bonds. The highest BCUT2D eigenvalue weighted by Gasteiger charge is 2.34. The van der Waals surface area contributed by atoms with E-state index in [-0.39, 0.29) is 22.6 Å². The third kappa shape index (κ3) is 4.00. The largest absolute Gasteiger partial charge is 0.419 e. The van der Waals surface area contributed by atoms with E-state index in [1.165, 1.54) is 0 Å². The zero-order valence-electron chi connectivity index (χ0n) is 8.86. The lowest BCUT2D eigenvalue weighted by Crippen LogP contribution is -2.21. The maximum Gasteiger partial charge on any atom is 0.419 e. The molecule has 1 rings (SSSR count). The molecule has 0 saturated heterocycles. The Labute approximate surface area is 114 Å². The molecule has 18 heavy (non-hydrogen) atoms. The van der Waals surface area contributed by atoms with Crippen molar-refractivity contribution < 1.29 is 22.7 Å². The van der Waals surface area contributed by atoms with Gasteiger partial charge in [0, 0.05) is 16.7 Å². The summed E-state index contributed by atoms with van der Waals surface area (Å²) in [6.07, 6.45) is -5.68. The molecule has 0 heterocycles. The highest BCUT2D eigenvalue weighted by atomic mass is 79.9. The number of halogens is 6. The molecule has 0 aliphatic carbocycles. The van der Waals surface area contributed by atoms with Gasteiger partial charge >= 0.3 is 6.18 Å². The summed E-state index contributed by atoms with van der Waals surface area (Å²) >= 11 is 8.28. The van der Waals surface area contributed by atoms with E-state index in [1.807, 2.05) is 0 Å². The zero-order chi connectivity index (χ0) is 13.9. The molecule has 8 heteroatoms. The molecule has 0 aliphatic rings. The second-order valence-electron chi connectivity index (χ2n) is 3.50. The van der Waals surface area contributed by atoms with Crippen LogP contribution < -0.4 is 5.32 Å². The topological polar surface area (TPSA) is 32.3 Å². The van der Waals surface area contributed by atoms with Gasteiger partial charge in [-0.1, -0.05) is 0 Å². The minimum absolute atomic E-state index is 0.0351. The van der Waals surface area contributed by atoms with Crippen LogP contribution in [0.15, 0.2) is 16.6 Å². The fourth-order valence-corrected chi connectivity index (χ4v) is 1.75. The summed E-state index contributed by atoms with van der Waals surface area (Å²) in [6, 6.07) is 1.36. The number of benzene rings is 1. The van der Waals surface area contributed by atoms with Crippen LogP contribution >= 0.6 is 27.5 Å². The molecule has 0 bridgehead atoms. The van der Waals surface area contributed by atoms with Crippen LogP contribution in [0.1, 0.15) is 5.56 Å². The van der Waals surface area contributed by atoms with Crippen molar-refractivity contribution in [2.24, 2.45) is 0 Å². The van der Waals surface area contributed by atoms with Gasteiger partial charge in [0.15, 0.2) is 0 Å². The van der Waals surface area contributed by atoms with E-state index in [1.54, 1.807) is 0 Å². The van der Waals surface area contributed by atoms with Gasteiger partial charge in [-0.2, -0.15) is 13.2 Å². The predicted octanol–water partition coefficient (Wildman–Crippen LogP) is 3.62. The van der Waals surface area contributed by atoms with E-state index in [0.717, 1.165) is 6.07 Å². The molecule has 0 spiro atoms. The van der Waals surface area contributed by atoms with Crippen molar-refractivity contribution >= 4 is 33.2 Å². The molecule has 1 aromatic rings. The van der Waals surface area contributed by atoms with Crippen molar-refractivity contribution in [3.63, 3.8) is 0 Å². The molecule has 102 valence electrons. The summed E-state index contributed by atoms with van der Waals surface area (Å²) in [7, 11) is 0. The fourth-order valence-electron chi connectivity index (χ4n) is 1.18. The molecule has 2 nitrogen and oxygen atoms in total. The summed E-state index contributed by atoms with van der Waals surface area (Å²) < 4.78 is 50.7. The lowest BCUT2D eigenvalue weighted by atomic mass is 10.1. The van der Waals surface area contributed by atoms with E-state index >= 15 is 0 Å². The zero-order valence-corrected chi connectivity index (χ0v) is 11.2. The Bertz CT molecular complexity index is 427. The molecule has 0 aromatic heterocycles. The first kappa shape index (κ1) is 15.5.